The Morgan fingerprint density at radius 2 is 2.04 bits per heavy atom. The molecule has 4 rings (SSSR count). The second-order valence-electron chi connectivity index (χ2n) is 7.28. The molecule has 2 aliphatic rings. The van der Waals surface area contributed by atoms with Gasteiger partial charge in [-0.05, 0) is 68.8 Å². The number of hydrogen-bond donors (Lipinski definition) is 2. The van der Waals surface area contributed by atoms with E-state index in [1.165, 1.54) is 24.0 Å². The van der Waals surface area contributed by atoms with E-state index in [9.17, 15) is 0 Å². The van der Waals surface area contributed by atoms with Gasteiger partial charge in [0.15, 0.2) is 5.82 Å². The summed E-state index contributed by atoms with van der Waals surface area (Å²) < 4.78 is 5.54. The molecule has 1 aliphatic heterocycles. The molecule has 0 radical (unpaired) electrons. The maximum absolute atomic E-state index is 9.16. The second-order valence-corrected chi connectivity index (χ2v) is 7.28. The number of ether oxygens (including phenoxy) is 1. The lowest BCUT2D eigenvalue weighted by atomic mass is 9.88. The van der Waals surface area contributed by atoms with Crippen LogP contribution in [-0.4, -0.2) is 36.4 Å². The van der Waals surface area contributed by atoms with Crippen molar-refractivity contribution in [3.05, 3.63) is 34.9 Å². The number of aromatic nitrogens is 2. The Bertz CT molecular complexity index is 868. The normalized spacial score (nSPS) is 19.0. The number of nitriles is 1. The van der Waals surface area contributed by atoms with Crippen LogP contribution in [0.15, 0.2) is 18.2 Å². The molecule has 1 aliphatic carbocycles. The number of anilines is 1. The van der Waals surface area contributed by atoms with Crippen LogP contribution in [0.2, 0.25) is 0 Å². The molecule has 1 aromatic carbocycles. The summed E-state index contributed by atoms with van der Waals surface area (Å²) in [4.78, 5) is 0. The number of benzene rings is 1. The fourth-order valence-corrected chi connectivity index (χ4v) is 4.11. The van der Waals surface area contributed by atoms with Gasteiger partial charge in [-0.1, -0.05) is 0 Å². The van der Waals surface area contributed by atoms with Crippen molar-refractivity contribution in [2.24, 2.45) is 0 Å². The van der Waals surface area contributed by atoms with E-state index in [4.69, 9.17) is 10.00 Å². The van der Waals surface area contributed by atoms with Crippen molar-refractivity contribution in [2.75, 3.05) is 25.5 Å². The first-order valence-electron chi connectivity index (χ1n) is 9.74. The van der Waals surface area contributed by atoms with E-state index in [2.05, 4.69) is 26.9 Å². The van der Waals surface area contributed by atoms with Gasteiger partial charge < -0.3 is 15.4 Å². The highest BCUT2D eigenvalue weighted by Crippen LogP contribution is 2.37. The molecule has 2 N–H and O–H groups in total. The van der Waals surface area contributed by atoms with Crippen LogP contribution in [0.5, 0.6) is 5.75 Å². The van der Waals surface area contributed by atoms with Crippen molar-refractivity contribution in [1.82, 2.24) is 15.5 Å². The predicted octanol–water partition coefficient (Wildman–Crippen LogP) is 3.07. The molecule has 1 aromatic heterocycles. The lowest BCUT2D eigenvalue weighted by Crippen LogP contribution is -2.39. The minimum Gasteiger partial charge on any atom is -0.496 e. The van der Waals surface area contributed by atoms with Crippen LogP contribution >= 0.6 is 0 Å². The molecule has 140 valence electrons. The molecule has 0 saturated carbocycles. The minimum atomic E-state index is 0.411. The van der Waals surface area contributed by atoms with Gasteiger partial charge in [-0.3, -0.25) is 0 Å². The summed E-state index contributed by atoms with van der Waals surface area (Å²) in [5.41, 5.74) is 4.95. The van der Waals surface area contributed by atoms with Crippen molar-refractivity contribution in [3.8, 4) is 23.1 Å². The third-order valence-electron chi connectivity index (χ3n) is 5.51. The number of nitrogens with zero attached hydrogens (tertiary/aromatic N) is 3. The maximum Gasteiger partial charge on any atom is 0.152 e. The minimum absolute atomic E-state index is 0.411. The molecule has 2 heterocycles. The zero-order valence-electron chi connectivity index (χ0n) is 15.7. The van der Waals surface area contributed by atoms with Crippen LogP contribution in [0.3, 0.4) is 0 Å². The van der Waals surface area contributed by atoms with Crippen molar-refractivity contribution >= 4 is 5.82 Å². The third-order valence-corrected chi connectivity index (χ3v) is 5.51. The van der Waals surface area contributed by atoms with Crippen molar-refractivity contribution < 1.29 is 4.74 Å². The first kappa shape index (κ1) is 17.7. The molecule has 1 atom stereocenters. The van der Waals surface area contributed by atoms with Gasteiger partial charge in [-0.15, -0.1) is 10.2 Å². The van der Waals surface area contributed by atoms with Crippen LogP contribution in [-0.2, 0) is 12.8 Å². The molecular weight excluding hydrogens is 338 g/mol. The van der Waals surface area contributed by atoms with Gasteiger partial charge >= 0.3 is 0 Å². The predicted molar refractivity (Wildman–Crippen MR) is 105 cm³/mol. The summed E-state index contributed by atoms with van der Waals surface area (Å²) in [5.74, 6) is 1.61. The molecule has 0 spiro atoms. The van der Waals surface area contributed by atoms with E-state index in [-0.39, 0.29) is 0 Å². The van der Waals surface area contributed by atoms with Gasteiger partial charge in [0.1, 0.15) is 11.4 Å². The van der Waals surface area contributed by atoms with E-state index in [1.807, 2.05) is 12.1 Å². The van der Waals surface area contributed by atoms with Crippen LogP contribution in [0.25, 0.3) is 11.3 Å². The number of fused-ring (bicyclic) bond motifs is 1. The molecule has 0 bridgehead atoms. The Morgan fingerprint density at radius 1 is 1.19 bits per heavy atom. The van der Waals surface area contributed by atoms with Crippen molar-refractivity contribution in [1.29, 1.82) is 5.26 Å². The van der Waals surface area contributed by atoms with Gasteiger partial charge in [0, 0.05) is 23.7 Å². The molecule has 1 saturated heterocycles. The molecule has 2 aromatic rings. The van der Waals surface area contributed by atoms with Gasteiger partial charge in [-0.25, -0.2) is 0 Å². The average molecular weight is 363 g/mol. The van der Waals surface area contributed by atoms with Gasteiger partial charge in [-0.2, -0.15) is 5.26 Å². The zero-order valence-corrected chi connectivity index (χ0v) is 15.7. The Labute approximate surface area is 160 Å². The average Bonchev–Trinajstić information content (AvgIpc) is 2.74. The van der Waals surface area contributed by atoms with E-state index in [0.717, 1.165) is 55.8 Å². The Kier molecular flexibility index (Phi) is 5.21. The van der Waals surface area contributed by atoms with Crippen LogP contribution in [0.1, 0.15) is 42.4 Å². The highest BCUT2D eigenvalue weighted by Gasteiger charge is 2.24. The highest BCUT2D eigenvalue weighted by atomic mass is 16.5. The molecule has 6 nitrogen and oxygen atoms in total. The smallest absolute Gasteiger partial charge is 0.152 e. The van der Waals surface area contributed by atoms with E-state index in [0.29, 0.717) is 17.4 Å². The van der Waals surface area contributed by atoms with Crippen molar-refractivity contribution in [2.45, 2.75) is 44.6 Å². The molecule has 1 fully saturated rings. The summed E-state index contributed by atoms with van der Waals surface area (Å²) in [6.45, 7) is 2.07. The Hall–Kier alpha value is -2.65. The molecular formula is C21H25N5O. The Balaban J connectivity index is 1.73. The summed E-state index contributed by atoms with van der Waals surface area (Å²) >= 11 is 0. The summed E-state index contributed by atoms with van der Waals surface area (Å²) in [6.07, 6.45) is 6.72. The first-order valence-corrected chi connectivity index (χ1v) is 9.74. The number of piperidine rings is 1. The van der Waals surface area contributed by atoms with Gasteiger partial charge in [0.2, 0.25) is 0 Å². The lowest BCUT2D eigenvalue weighted by Gasteiger charge is -2.27. The monoisotopic (exact) mass is 363 g/mol. The topological polar surface area (TPSA) is 82.9 Å². The fraction of sp³-hybridized carbons (Fsp3) is 0.476. The van der Waals surface area contributed by atoms with Crippen LogP contribution < -0.4 is 15.4 Å². The maximum atomic E-state index is 9.16. The third kappa shape index (κ3) is 3.60. The lowest BCUT2D eigenvalue weighted by molar-refractivity contribution is 0.416. The molecule has 27 heavy (non-hydrogen) atoms. The molecule has 6 heteroatoms. The van der Waals surface area contributed by atoms with Gasteiger partial charge in [0.25, 0.3) is 0 Å². The zero-order chi connectivity index (χ0) is 18.6. The number of hydrogen-bond acceptors (Lipinski definition) is 6. The molecule has 0 unspecified atom stereocenters. The quantitative estimate of drug-likeness (QED) is 0.869. The molecule has 0 amide bonds. The number of nitrogens with one attached hydrogen (secondary N) is 2. The standard InChI is InChI=1S/C21H25N5O/c1-27-19-11-14(12-22)8-9-18(19)20-16-6-2-3-7-17(16)21(26-25-20)24-15-5-4-10-23-13-15/h8-9,11,15,23H,2-7,10,13H2,1H3,(H,24,26)/t15-/m1/s1. The SMILES string of the molecule is COc1cc(C#N)ccc1-c1nnc(N[C@@H]2CCCNC2)c2c1CCCC2. The Morgan fingerprint density at radius 3 is 2.78 bits per heavy atom. The summed E-state index contributed by atoms with van der Waals surface area (Å²) in [5, 5.41) is 25.4. The number of rotatable bonds is 4. The summed E-state index contributed by atoms with van der Waals surface area (Å²) in [6, 6.07) is 8.09. The number of methoxy groups -OCH3 is 1. The van der Waals surface area contributed by atoms with E-state index in [1.54, 1.807) is 13.2 Å². The largest absolute Gasteiger partial charge is 0.496 e. The van der Waals surface area contributed by atoms with E-state index >= 15 is 0 Å². The van der Waals surface area contributed by atoms with Crippen molar-refractivity contribution in [3.63, 3.8) is 0 Å². The second kappa shape index (κ2) is 7.93. The highest BCUT2D eigenvalue weighted by molar-refractivity contribution is 5.73. The first-order chi connectivity index (χ1) is 13.3. The fourth-order valence-electron chi connectivity index (χ4n) is 4.11. The van der Waals surface area contributed by atoms with Gasteiger partial charge in [0.05, 0.1) is 18.7 Å². The van der Waals surface area contributed by atoms with Crippen LogP contribution in [0, 0.1) is 11.3 Å². The van der Waals surface area contributed by atoms with E-state index < -0.39 is 0 Å². The summed E-state index contributed by atoms with van der Waals surface area (Å²) in [7, 11) is 1.63. The van der Waals surface area contributed by atoms with Crippen LogP contribution in [0.4, 0.5) is 5.82 Å².